The Bertz CT molecular complexity index is 1110. The van der Waals surface area contributed by atoms with Crippen LogP contribution in [0.2, 0.25) is 0 Å². The van der Waals surface area contributed by atoms with E-state index in [9.17, 15) is 21.6 Å². The van der Waals surface area contributed by atoms with Crippen LogP contribution >= 0.6 is 15.9 Å². The predicted octanol–water partition coefficient (Wildman–Crippen LogP) is 3.60. The van der Waals surface area contributed by atoms with Gasteiger partial charge in [-0.25, -0.2) is 16.8 Å². The van der Waals surface area contributed by atoms with Gasteiger partial charge in [0.1, 0.15) is 5.25 Å². The lowest BCUT2D eigenvalue weighted by molar-refractivity contribution is -0.117. The normalized spacial score (nSPS) is 21.1. The van der Waals surface area contributed by atoms with Crippen LogP contribution in [-0.4, -0.2) is 38.4 Å². The molecule has 1 aliphatic rings. The number of hydrogen-bond donors (Lipinski definition) is 0. The molecule has 0 bridgehead atoms. The van der Waals surface area contributed by atoms with Gasteiger partial charge in [-0.05, 0) is 36.3 Å². The van der Waals surface area contributed by atoms with Gasteiger partial charge >= 0.3 is 0 Å². The molecule has 3 rings (SSSR count). The van der Waals surface area contributed by atoms with Gasteiger partial charge < -0.3 is 0 Å². The molecule has 0 unspecified atom stereocenters. The van der Waals surface area contributed by atoms with Crippen molar-refractivity contribution in [2.75, 3.05) is 5.33 Å². The minimum Gasteiger partial charge on any atom is -0.298 e. The number of hydrogen-bond acceptors (Lipinski definition) is 5. The van der Waals surface area contributed by atoms with Crippen molar-refractivity contribution in [1.29, 1.82) is 0 Å². The van der Waals surface area contributed by atoms with Crippen molar-refractivity contribution in [3.63, 3.8) is 0 Å². The number of halogens is 1. The van der Waals surface area contributed by atoms with Crippen LogP contribution in [0.4, 0.5) is 0 Å². The van der Waals surface area contributed by atoms with Gasteiger partial charge in [-0.3, -0.25) is 4.79 Å². The third-order valence-corrected chi connectivity index (χ3v) is 10.4. The third-order valence-electron chi connectivity index (χ3n) is 5.21. The Labute approximate surface area is 179 Å². The van der Waals surface area contributed by atoms with E-state index in [0.717, 1.165) is 0 Å². The van der Waals surface area contributed by atoms with Crippen LogP contribution in [0, 0.1) is 5.92 Å². The first-order chi connectivity index (χ1) is 13.7. The van der Waals surface area contributed by atoms with Gasteiger partial charge in [0.25, 0.3) is 0 Å². The Kier molecular flexibility index (Phi) is 6.45. The first-order valence-corrected chi connectivity index (χ1v) is 13.3. The summed E-state index contributed by atoms with van der Waals surface area (Å²) in [6.45, 7) is 3.89. The Morgan fingerprint density at radius 2 is 1.48 bits per heavy atom. The molecule has 3 atom stereocenters. The summed E-state index contributed by atoms with van der Waals surface area (Å²) in [6.07, 6.45) is 0.204. The van der Waals surface area contributed by atoms with Crippen LogP contribution in [0.15, 0.2) is 82.6 Å². The molecule has 0 amide bonds. The van der Waals surface area contributed by atoms with Gasteiger partial charge in [0.2, 0.25) is 0 Å². The zero-order valence-electron chi connectivity index (χ0n) is 15.6. The molecule has 5 nitrogen and oxygen atoms in total. The van der Waals surface area contributed by atoms with Gasteiger partial charge in [0.15, 0.2) is 25.5 Å². The maximum atomic E-state index is 13.4. The van der Waals surface area contributed by atoms with Crippen molar-refractivity contribution >= 4 is 41.4 Å². The zero-order valence-corrected chi connectivity index (χ0v) is 18.8. The number of alkyl halides is 1. The Morgan fingerprint density at radius 3 is 2.00 bits per heavy atom. The summed E-state index contributed by atoms with van der Waals surface area (Å²) in [4.78, 5) is 12.8. The summed E-state index contributed by atoms with van der Waals surface area (Å²) in [6, 6.07) is 15.6. The molecule has 8 heteroatoms. The third kappa shape index (κ3) is 4.11. The Hall–Kier alpha value is -1.77. The summed E-state index contributed by atoms with van der Waals surface area (Å²) < 4.78 is 53.4. The minimum absolute atomic E-state index is 0.0190. The van der Waals surface area contributed by atoms with E-state index >= 15 is 0 Å². The second-order valence-corrected chi connectivity index (χ2v) is 11.7. The maximum Gasteiger partial charge on any atom is 0.188 e. The number of Topliss-reactive ketones (excluding diaryl/α,β-unsaturated/α-hetero) is 1. The highest BCUT2D eigenvalue weighted by molar-refractivity contribution is 9.09. The van der Waals surface area contributed by atoms with Gasteiger partial charge in [-0.1, -0.05) is 58.9 Å². The number of rotatable bonds is 7. The molecule has 0 spiro atoms. The van der Waals surface area contributed by atoms with E-state index in [1.165, 1.54) is 24.3 Å². The smallest absolute Gasteiger partial charge is 0.188 e. The van der Waals surface area contributed by atoms with E-state index in [4.69, 9.17) is 0 Å². The quantitative estimate of drug-likeness (QED) is 0.431. The average Bonchev–Trinajstić information content (AvgIpc) is 3.10. The number of carbonyl (C=O) groups is 1. The van der Waals surface area contributed by atoms with Crippen LogP contribution in [0.1, 0.15) is 12.8 Å². The molecular weight excluding hydrogens is 476 g/mol. The molecule has 1 saturated carbocycles. The second-order valence-electron chi connectivity index (χ2n) is 7.02. The highest BCUT2D eigenvalue weighted by atomic mass is 79.9. The molecule has 1 fully saturated rings. The van der Waals surface area contributed by atoms with E-state index < -0.39 is 41.9 Å². The first-order valence-electron chi connectivity index (χ1n) is 9.05. The maximum absolute atomic E-state index is 13.4. The predicted molar refractivity (Wildman–Crippen MR) is 115 cm³/mol. The molecular formula is C21H21BrO5S2. The van der Waals surface area contributed by atoms with Crippen molar-refractivity contribution in [3.05, 3.63) is 72.8 Å². The summed E-state index contributed by atoms with van der Waals surface area (Å²) in [7, 11) is -7.98. The molecule has 2 aromatic carbocycles. The molecule has 154 valence electrons. The number of benzene rings is 2. The molecule has 2 aromatic rings. The fraction of sp³-hybridized carbons (Fsp3) is 0.286. The molecule has 0 radical (unpaired) electrons. The van der Waals surface area contributed by atoms with Crippen LogP contribution in [0.5, 0.6) is 0 Å². The number of ketones is 1. The van der Waals surface area contributed by atoms with Gasteiger partial charge in [0.05, 0.1) is 15.0 Å². The van der Waals surface area contributed by atoms with E-state index in [2.05, 4.69) is 22.5 Å². The molecule has 0 N–H and O–H groups in total. The fourth-order valence-electron chi connectivity index (χ4n) is 3.90. The average molecular weight is 497 g/mol. The van der Waals surface area contributed by atoms with Crippen molar-refractivity contribution in [2.45, 2.75) is 33.1 Å². The van der Waals surface area contributed by atoms with E-state index in [-0.39, 0.29) is 28.0 Å². The fourth-order valence-corrected chi connectivity index (χ4v) is 8.71. The van der Waals surface area contributed by atoms with Crippen molar-refractivity contribution in [2.24, 2.45) is 5.92 Å². The highest BCUT2D eigenvalue weighted by Gasteiger charge is 2.51. The topological polar surface area (TPSA) is 85.3 Å². The molecule has 0 saturated heterocycles. The lowest BCUT2D eigenvalue weighted by atomic mass is 9.98. The number of carbonyl (C=O) groups excluding carboxylic acids is 1. The van der Waals surface area contributed by atoms with E-state index in [0.29, 0.717) is 5.57 Å². The summed E-state index contributed by atoms with van der Waals surface area (Å²) in [5.74, 6) is -1.35. The van der Waals surface area contributed by atoms with E-state index in [1.807, 2.05) is 0 Å². The van der Waals surface area contributed by atoms with Crippen molar-refractivity contribution < 1.29 is 21.6 Å². The molecule has 29 heavy (non-hydrogen) atoms. The lowest BCUT2D eigenvalue weighted by Gasteiger charge is -2.29. The summed E-state index contributed by atoms with van der Waals surface area (Å²) in [5, 5.41) is -2.41. The van der Waals surface area contributed by atoms with Crippen LogP contribution in [-0.2, 0) is 24.5 Å². The molecule has 0 aliphatic heterocycles. The summed E-state index contributed by atoms with van der Waals surface area (Å²) in [5.41, 5.74) is 0.335. The van der Waals surface area contributed by atoms with Gasteiger partial charge in [-0.2, -0.15) is 0 Å². The van der Waals surface area contributed by atoms with Crippen molar-refractivity contribution in [3.8, 4) is 0 Å². The van der Waals surface area contributed by atoms with Crippen LogP contribution < -0.4 is 0 Å². The lowest BCUT2D eigenvalue weighted by Crippen LogP contribution is -2.42. The Morgan fingerprint density at radius 1 is 0.966 bits per heavy atom. The SMILES string of the molecule is C=C(CBr)[C@@H]([C@@H]1CCC(=O)[C@H]1S(=O)(=O)c1ccccc1)S(=O)(=O)c1ccccc1. The highest BCUT2D eigenvalue weighted by Crippen LogP contribution is 2.40. The molecule has 1 aliphatic carbocycles. The molecule has 0 heterocycles. The van der Waals surface area contributed by atoms with Crippen LogP contribution in [0.25, 0.3) is 0 Å². The van der Waals surface area contributed by atoms with Gasteiger partial charge in [-0.15, -0.1) is 0 Å². The monoisotopic (exact) mass is 496 g/mol. The van der Waals surface area contributed by atoms with Crippen LogP contribution in [0.3, 0.4) is 0 Å². The standard InChI is InChI=1S/C21H21BrO5S2/c1-15(14-22)20(28(24,25)16-8-4-2-5-9-16)18-12-13-19(23)21(18)29(26,27)17-10-6-3-7-11-17/h2-11,18,20-21H,1,12-14H2/t18-,20-,21-/m0/s1. The van der Waals surface area contributed by atoms with E-state index in [1.54, 1.807) is 36.4 Å². The number of sulfone groups is 2. The minimum atomic E-state index is -4.04. The van der Waals surface area contributed by atoms with Gasteiger partial charge in [0, 0.05) is 17.7 Å². The largest absolute Gasteiger partial charge is 0.298 e. The summed E-state index contributed by atoms with van der Waals surface area (Å²) >= 11 is 3.26. The second kappa shape index (κ2) is 8.53. The first kappa shape index (κ1) is 21.9. The molecule has 0 aromatic heterocycles. The zero-order chi connectivity index (χ0) is 21.2. The van der Waals surface area contributed by atoms with Crippen molar-refractivity contribution in [1.82, 2.24) is 0 Å². The Balaban J connectivity index is 2.13.